The Morgan fingerprint density at radius 3 is 3.06 bits per heavy atom. The second-order valence-electron chi connectivity index (χ2n) is 5.08. The highest BCUT2D eigenvalue weighted by atomic mass is 16.5. The Bertz CT molecular complexity index is 526. The number of hydrogen-bond donors (Lipinski definition) is 2. The van der Waals surface area contributed by atoms with E-state index in [0.717, 1.165) is 18.7 Å². The van der Waals surface area contributed by atoms with Crippen LogP contribution in [0.5, 0.6) is 5.75 Å². The van der Waals surface area contributed by atoms with E-state index in [1.807, 2.05) is 6.07 Å². The Morgan fingerprint density at radius 1 is 1.33 bits per heavy atom. The third kappa shape index (κ3) is 2.23. The number of aromatic nitrogens is 1. The van der Waals surface area contributed by atoms with Crippen molar-refractivity contribution < 1.29 is 4.74 Å². The van der Waals surface area contributed by atoms with Gasteiger partial charge in [0.25, 0.3) is 0 Å². The van der Waals surface area contributed by atoms with Crippen LogP contribution < -0.4 is 10.1 Å². The second-order valence-corrected chi connectivity index (χ2v) is 5.08. The SMILES string of the molecule is COc1ccc2[nH]cc(CC3CCCCN3)c2c1. The molecule has 3 nitrogen and oxygen atoms in total. The van der Waals surface area contributed by atoms with Gasteiger partial charge in [0.1, 0.15) is 5.75 Å². The minimum Gasteiger partial charge on any atom is -0.497 e. The first kappa shape index (κ1) is 11.6. The molecule has 0 aliphatic carbocycles. The van der Waals surface area contributed by atoms with Gasteiger partial charge in [0.2, 0.25) is 0 Å². The highest BCUT2D eigenvalue weighted by Crippen LogP contribution is 2.25. The van der Waals surface area contributed by atoms with Crippen molar-refractivity contribution in [2.24, 2.45) is 0 Å². The van der Waals surface area contributed by atoms with Crippen LogP contribution in [0.25, 0.3) is 10.9 Å². The fourth-order valence-corrected chi connectivity index (χ4v) is 2.82. The van der Waals surface area contributed by atoms with E-state index in [1.165, 1.54) is 35.7 Å². The fraction of sp³-hybridized carbons (Fsp3) is 0.467. The van der Waals surface area contributed by atoms with Gasteiger partial charge in [-0.15, -0.1) is 0 Å². The van der Waals surface area contributed by atoms with Crippen molar-refractivity contribution in [3.63, 3.8) is 0 Å². The predicted molar refractivity (Wildman–Crippen MR) is 74.2 cm³/mol. The van der Waals surface area contributed by atoms with Gasteiger partial charge < -0.3 is 15.0 Å². The highest BCUT2D eigenvalue weighted by molar-refractivity contribution is 5.84. The lowest BCUT2D eigenvalue weighted by Crippen LogP contribution is -2.35. The molecule has 96 valence electrons. The monoisotopic (exact) mass is 244 g/mol. The number of H-pyrrole nitrogens is 1. The van der Waals surface area contributed by atoms with Crippen LogP contribution in [-0.2, 0) is 6.42 Å². The highest BCUT2D eigenvalue weighted by Gasteiger charge is 2.15. The van der Waals surface area contributed by atoms with Gasteiger partial charge in [0.05, 0.1) is 7.11 Å². The molecule has 2 heterocycles. The molecule has 0 saturated carbocycles. The molecule has 1 saturated heterocycles. The molecule has 3 rings (SSSR count). The zero-order chi connectivity index (χ0) is 12.4. The summed E-state index contributed by atoms with van der Waals surface area (Å²) in [5.74, 6) is 0.931. The Hall–Kier alpha value is -1.48. The van der Waals surface area contributed by atoms with Gasteiger partial charge >= 0.3 is 0 Å². The molecule has 1 aromatic carbocycles. The normalized spacial score (nSPS) is 20.2. The van der Waals surface area contributed by atoms with Crippen molar-refractivity contribution >= 4 is 10.9 Å². The van der Waals surface area contributed by atoms with Crippen molar-refractivity contribution in [3.05, 3.63) is 30.0 Å². The molecule has 1 aliphatic rings. The van der Waals surface area contributed by atoms with Gasteiger partial charge in [-0.25, -0.2) is 0 Å². The van der Waals surface area contributed by atoms with Crippen LogP contribution in [0.15, 0.2) is 24.4 Å². The van der Waals surface area contributed by atoms with E-state index in [1.54, 1.807) is 7.11 Å². The first-order chi connectivity index (χ1) is 8.86. The average molecular weight is 244 g/mol. The van der Waals surface area contributed by atoms with Gasteiger partial charge in [0.15, 0.2) is 0 Å². The first-order valence-electron chi connectivity index (χ1n) is 6.74. The number of rotatable bonds is 3. The number of nitrogens with one attached hydrogen (secondary N) is 2. The van der Waals surface area contributed by atoms with E-state index < -0.39 is 0 Å². The van der Waals surface area contributed by atoms with E-state index in [9.17, 15) is 0 Å². The van der Waals surface area contributed by atoms with E-state index in [0.29, 0.717) is 6.04 Å². The molecular formula is C15H20N2O. The molecule has 0 spiro atoms. The number of hydrogen-bond acceptors (Lipinski definition) is 2. The zero-order valence-electron chi connectivity index (χ0n) is 10.8. The number of methoxy groups -OCH3 is 1. The van der Waals surface area contributed by atoms with Gasteiger partial charge in [0, 0.05) is 23.1 Å². The van der Waals surface area contributed by atoms with E-state index in [2.05, 4.69) is 28.6 Å². The summed E-state index contributed by atoms with van der Waals surface area (Å²) in [6, 6.07) is 6.85. The maximum atomic E-state index is 5.31. The first-order valence-corrected chi connectivity index (χ1v) is 6.74. The Balaban J connectivity index is 1.86. The molecule has 1 fully saturated rings. The smallest absolute Gasteiger partial charge is 0.119 e. The third-order valence-electron chi connectivity index (χ3n) is 3.85. The molecule has 0 radical (unpaired) electrons. The number of aromatic amines is 1. The fourth-order valence-electron chi connectivity index (χ4n) is 2.82. The van der Waals surface area contributed by atoms with E-state index in [-0.39, 0.29) is 0 Å². The van der Waals surface area contributed by atoms with E-state index in [4.69, 9.17) is 4.74 Å². The van der Waals surface area contributed by atoms with Crippen LogP contribution in [0.4, 0.5) is 0 Å². The molecule has 3 heteroatoms. The summed E-state index contributed by atoms with van der Waals surface area (Å²) in [5.41, 5.74) is 2.59. The van der Waals surface area contributed by atoms with E-state index >= 15 is 0 Å². The van der Waals surface area contributed by atoms with Crippen LogP contribution >= 0.6 is 0 Å². The number of piperidine rings is 1. The number of benzene rings is 1. The molecule has 1 unspecified atom stereocenters. The lowest BCUT2D eigenvalue weighted by atomic mass is 9.97. The average Bonchev–Trinajstić information content (AvgIpc) is 2.82. The summed E-state index contributed by atoms with van der Waals surface area (Å²) in [5, 5.41) is 4.90. The third-order valence-corrected chi connectivity index (χ3v) is 3.85. The second kappa shape index (κ2) is 5.02. The van der Waals surface area contributed by atoms with Crippen LogP contribution in [0.3, 0.4) is 0 Å². The summed E-state index contributed by atoms with van der Waals surface area (Å²) in [6.45, 7) is 1.16. The maximum Gasteiger partial charge on any atom is 0.119 e. The largest absolute Gasteiger partial charge is 0.497 e. The van der Waals surface area contributed by atoms with Crippen LogP contribution in [-0.4, -0.2) is 24.7 Å². The van der Waals surface area contributed by atoms with Crippen molar-refractivity contribution in [2.75, 3.05) is 13.7 Å². The van der Waals surface area contributed by atoms with Crippen LogP contribution in [0.2, 0.25) is 0 Å². The Kier molecular flexibility index (Phi) is 3.24. The molecule has 1 atom stereocenters. The van der Waals surface area contributed by atoms with Crippen molar-refractivity contribution in [1.82, 2.24) is 10.3 Å². The minimum atomic E-state index is 0.629. The van der Waals surface area contributed by atoms with Crippen molar-refractivity contribution in [2.45, 2.75) is 31.7 Å². The topological polar surface area (TPSA) is 37.0 Å². The summed E-state index contributed by atoms with van der Waals surface area (Å²) in [6.07, 6.45) is 7.20. The molecule has 18 heavy (non-hydrogen) atoms. The van der Waals surface area contributed by atoms with Crippen molar-refractivity contribution in [1.29, 1.82) is 0 Å². The minimum absolute atomic E-state index is 0.629. The molecule has 0 amide bonds. The summed E-state index contributed by atoms with van der Waals surface area (Å²) < 4.78 is 5.31. The summed E-state index contributed by atoms with van der Waals surface area (Å²) >= 11 is 0. The van der Waals surface area contributed by atoms with Crippen LogP contribution in [0.1, 0.15) is 24.8 Å². The number of ether oxygens (including phenoxy) is 1. The summed E-state index contributed by atoms with van der Waals surface area (Å²) in [4.78, 5) is 3.35. The Morgan fingerprint density at radius 2 is 2.28 bits per heavy atom. The molecule has 2 aromatic rings. The van der Waals surface area contributed by atoms with Crippen LogP contribution in [0, 0.1) is 0 Å². The lowest BCUT2D eigenvalue weighted by Gasteiger charge is -2.23. The van der Waals surface area contributed by atoms with Gasteiger partial charge in [-0.1, -0.05) is 6.42 Å². The molecule has 2 N–H and O–H groups in total. The standard InChI is InChI=1S/C15H20N2O/c1-18-13-5-6-15-14(9-13)11(10-17-15)8-12-4-2-3-7-16-12/h5-6,9-10,12,16-17H,2-4,7-8H2,1H3. The number of fused-ring (bicyclic) bond motifs is 1. The quantitative estimate of drug-likeness (QED) is 0.871. The van der Waals surface area contributed by atoms with Gasteiger partial charge in [-0.3, -0.25) is 0 Å². The molecular weight excluding hydrogens is 224 g/mol. The maximum absolute atomic E-state index is 5.31. The molecule has 0 bridgehead atoms. The van der Waals surface area contributed by atoms with Crippen molar-refractivity contribution in [3.8, 4) is 5.75 Å². The Labute approximate surface area is 108 Å². The van der Waals surface area contributed by atoms with Gasteiger partial charge in [-0.05, 0) is 49.6 Å². The lowest BCUT2D eigenvalue weighted by molar-refractivity contribution is 0.400. The zero-order valence-corrected chi connectivity index (χ0v) is 10.8. The predicted octanol–water partition coefficient (Wildman–Crippen LogP) is 2.86. The van der Waals surface area contributed by atoms with Gasteiger partial charge in [-0.2, -0.15) is 0 Å². The molecule has 1 aromatic heterocycles. The summed E-state index contributed by atoms with van der Waals surface area (Å²) in [7, 11) is 1.72. The molecule has 1 aliphatic heterocycles.